The molecule has 0 saturated heterocycles. The van der Waals surface area contributed by atoms with Gasteiger partial charge in [0.15, 0.2) is 0 Å². The van der Waals surface area contributed by atoms with Crippen LogP contribution in [0.25, 0.3) is 21.8 Å². The predicted octanol–water partition coefficient (Wildman–Crippen LogP) is 2.52. The minimum atomic E-state index is 1.08. The van der Waals surface area contributed by atoms with Crippen LogP contribution >= 0.6 is 0 Å². The van der Waals surface area contributed by atoms with Crippen LogP contribution in [0, 0.1) is 6.07 Å². The highest BCUT2D eigenvalue weighted by atomic mass is 14.7. The second-order valence-electron chi connectivity index (χ2n) is 3.02. The Hall–Kier alpha value is -1.83. The fourth-order valence-corrected chi connectivity index (χ4v) is 1.64. The molecule has 3 aromatic rings. The summed E-state index contributed by atoms with van der Waals surface area (Å²) in [5.74, 6) is 0. The highest BCUT2D eigenvalue weighted by molar-refractivity contribution is 6.06. The van der Waals surface area contributed by atoms with E-state index >= 15 is 0 Å². The first-order valence-corrected chi connectivity index (χ1v) is 4.17. The van der Waals surface area contributed by atoms with Gasteiger partial charge in [-0.05, 0) is 18.2 Å². The topological polar surface area (TPSA) is 28.7 Å². The van der Waals surface area contributed by atoms with E-state index in [9.17, 15) is 0 Å². The fraction of sp³-hybridized carbons (Fsp3) is 0. The molecule has 0 fully saturated rings. The summed E-state index contributed by atoms with van der Waals surface area (Å²) in [5, 5.41) is 2.45. The van der Waals surface area contributed by atoms with Gasteiger partial charge in [0.1, 0.15) is 0 Å². The number of nitrogens with zero attached hydrogens (tertiary/aromatic N) is 1. The average molecular weight is 167 g/mol. The average Bonchev–Trinajstić information content (AvgIpc) is 2.56. The molecule has 0 aliphatic heterocycles. The molecule has 1 N–H and O–H groups in total. The van der Waals surface area contributed by atoms with Crippen molar-refractivity contribution in [1.82, 2.24) is 9.97 Å². The number of nitrogens with one attached hydrogen (secondary N) is 1. The molecule has 3 rings (SSSR count). The van der Waals surface area contributed by atoms with E-state index in [1.165, 1.54) is 10.8 Å². The molecule has 2 heteroatoms. The molecule has 61 valence electrons. The van der Waals surface area contributed by atoms with Gasteiger partial charge in [0.25, 0.3) is 0 Å². The lowest BCUT2D eigenvalue weighted by molar-refractivity contribution is 1.35. The lowest BCUT2D eigenvalue weighted by atomic mass is 10.2. The summed E-state index contributed by atoms with van der Waals surface area (Å²) in [5.41, 5.74) is 2.20. The maximum Gasteiger partial charge on any atom is 0.0651 e. The first kappa shape index (κ1) is 6.66. The first-order chi connectivity index (χ1) is 6.45. The van der Waals surface area contributed by atoms with Crippen molar-refractivity contribution in [1.29, 1.82) is 0 Å². The number of fused-ring (bicyclic) bond motifs is 3. The van der Waals surface area contributed by atoms with Crippen LogP contribution < -0.4 is 0 Å². The van der Waals surface area contributed by atoms with E-state index in [0.717, 1.165) is 11.0 Å². The van der Waals surface area contributed by atoms with Crippen molar-refractivity contribution in [3.8, 4) is 0 Å². The van der Waals surface area contributed by atoms with E-state index in [1.54, 1.807) is 0 Å². The van der Waals surface area contributed by atoms with E-state index in [4.69, 9.17) is 0 Å². The van der Waals surface area contributed by atoms with Crippen molar-refractivity contribution in [2.75, 3.05) is 0 Å². The Labute approximate surface area is 75.2 Å². The maximum atomic E-state index is 4.07. The molecule has 0 spiro atoms. The Morgan fingerprint density at radius 1 is 1.15 bits per heavy atom. The molecule has 2 aromatic heterocycles. The lowest BCUT2D eigenvalue weighted by Gasteiger charge is -1.87. The van der Waals surface area contributed by atoms with Gasteiger partial charge in [-0.25, -0.2) is 0 Å². The third-order valence-electron chi connectivity index (χ3n) is 2.24. The second kappa shape index (κ2) is 2.33. The maximum absolute atomic E-state index is 4.07. The van der Waals surface area contributed by atoms with Crippen molar-refractivity contribution in [2.24, 2.45) is 0 Å². The summed E-state index contributed by atoms with van der Waals surface area (Å²) in [7, 11) is 0. The Kier molecular flexibility index (Phi) is 1.19. The number of pyridine rings is 1. The molecule has 0 saturated carbocycles. The highest BCUT2D eigenvalue weighted by Gasteiger charge is 2.00. The third kappa shape index (κ3) is 0.855. The van der Waals surface area contributed by atoms with Crippen molar-refractivity contribution in [3.63, 3.8) is 0 Å². The molecule has 0 aliphatic rings. The van der Waals surface area contributed by atoms with Crippen LogP contribution in [-0.2, 0) is 0 Å². The first-order valence-electron chi connectivity index (χ1n) is 4.17. The SMILES string of the molecule is [c]1ccc2c(c1)[nH]c1cnccc12. The number of hydrogen-bond donors (Lipinski definition) is 1. The zero-order valence-electron chi connectivity index (χ0n) is 6.91. The molecule has 2 heterocycles. The molecular formula is C11H7N2. The van der Waals surface area contributed by atoms with Gasteiger partial charge in [0, 0.05) is 22.5 Å². The number of aromatic amines is 1. The van der Waals surface area contributed by atoms with Crippen molar-refractivity contribution in [3.05, 3.63) is 42.7 Å². The molecule has 13 heavy (non-hydrogen) atoms. The van der Waals surface area contributed by atoms with Gasteiger partial charge in [-0.3, -0.25) is 4.98 Å². The van der Waals surface area contributed by atoms with Crippen LogP contribution in [0.3, 0.4) is 0 Å². The number of hydrogen-bond acceptors (Lipinski definition) is 1. The number of aromatic nitrogens is 2. The molecular weight excluding hydrogens is 160 g/mol. The molecule has 2 nitrogen and oxygen atoms in total. The van der Waals surface area contributed by atoms with Crippen LogP contribution in [0.15, 0.2) is 36.7 Å². The van der Waals surface area contributed by atoms with E-state index in [2.05, 4.69) is 22.1 Å². The molecule has 1 radical (unpaired) electrons. The standard InChI is InChI=1S/C11H7N2/c1-2-4-10-8(3-1)9-5-6-12-7-11(9)13-10/h1,3-7,13H. The van der Waals surface area contributed by atoms with Gasteiger partial charge in [-0.15, -0.1) is 0 Å². The summed E-state index contributed by atoms with van der Waals surface area (Å²) in [6.07, 6.45) is 3.65. The summed E-state index contributed by atoms with van der Waals surface area (Å²) in [6.45, 7) is 0. The van der Waals surface area contributed by atoms with Gasteiger partial charge >= 0.3 is 0 Å². The summed E-state index contributed by atoms with van der Waals surface area (Å²) < 4.78 is 0. The molecule has 0 bridgehead atoms. The molecule has 0 amide bonds. The highest BCUT2D eigenvalue weighted by Crippen LogP contribution is 2.23. The Bertz CT molecular complexity index is 516. The normalized spacial score (nSPS) is 11.1. The monoisotopic (exact) mass is 167 g/mol. The molecule has 0 aliphatic carbocycles. The molecule has 1 aromatic carbocycles. The Morgan fingerprint density at radius 2 is 2.08 bits per heavy atom. The van der Waals surface area contributed by atoms with Crippen molar-refractivity contribution in [2.45, 2.75) is 0 Å². The van der Waals surface area contributed by atoms with Crippen molar-refractivity contribution < 1.29 is 0 Å². The minimum absolute atomic E-state index is 1.08. The van der Waals surface area contributed by atoms with Crippen LogP contribution in [0.2, 0.25) is 0 Å². The number of benzene rings is 1. The Morgan fingerprint density at radius 3 is 3.08 bits per heavy atom. The van der Waals surface area contributed by atoms with Crippen LogP contribution in [0.4, 0.5) is 0 Å². The summed E-state index contributed by atoms with van der Waals surface area (Å²) in [6, 6.07) is 11.0. The van der Waals surface area contributed by atoms with Gasteiger partial charge in [-0.2, -0.15) is 0 Å². The van der Waals surface area contributed by atoms with Crippen LogP contribution in [-0.4, -0.2) is 9.97 Å². The van der Waals surface area contributed by atoms with Gasteiger partial charge < -0.3 is 4.98 Å². The summed E-state index contributed by atoms with van der Waals surface area (Å²) in [4.78, 5) is 7.35. The van der Waals surface area contributed by atoms with Crippen LogP contribution in [0.1, 0.15) is 0 Å². The molecule has 0 unspecified atom stereocenters. The largest absolute Gasteiger partial charge is 0.353 e. The Balaban J connectivity index is 2.64. The minimum Gasteiger partial charge on any atom is -0.353 e. The lowest BCUT2D eigenvalue weighted by Crippen LogP contribution is -1.68. The second-order valence-corrected chi connectivity index (χ2v) is 3.02. The summed E-state index contributed by atoms with van der Waals surface area (Å²) >= 11 is 0. The number of rotatable bonds is 0. The van der Waals surface area contributed by atoms with E-state index in [1.807, 2.05) is 30.6 Å². The van der Waals surface area contributed by atoms with Crippen LogP contribution in [0.5, 0.6) is 0 Å². The fourth-order valence-electron chi connectivity index (χ4n) is 1.64. The van der Waals surface area contributed by atoms with Gasteiger partial charge in [0.05, 0.1) is 11.7 Å². The third-order valence-corrected chi connectivity index (χ3v) is 2.24. The predicted molar refractivity (Wildman–Crippen MR) is 52.4 cm³/mol. The molecule has 0 atom stereocenters. The quantitative estimate of drug-likeness (QED) is 0.547. The van der Waals surface area contributed by atoms with Crippen molar-refractivity contribution >= 4 is 21.8 Å². The smallest absolute Gasteiger partial charge is 0.0651 e. The zero-order valence-corrected chi connectivity index (χ0v) is 6.91. The van der Waals surface area contributed by atoms with Gasteiger partial charge in [-0.1, -0.05) is 12.1 Å². The zero-order chi connectivity index (χ0) is 8.67. The van der Waals surface area contributed by atoms with E-state index < -0.39 is 0 Å². The van der Waals surface area contributed by atoms with E-state index in [0.29, 0.717) is 0 Å². The number of H-pyrrole nitrogens is 1. The van der Waals surface area contributed by atoms with Gasteiger partial charge in [0.2, 0.25) is 0 Å². The van der Waals surface area contributed by atoms with E-state index in [-0.39, 0.29) is 0 Å².